The van der Waals surface area contributed by atoms with Gasteiger partial charge in [-0.3, -0.25) is 0 Å². The van der Waals surface area contributed by atoms with E-state index in [2.05, 4.69) is 20.8 Å². The lowest BCUT2D eigenvalue weighted by molar-refractivity contribution is 0.576. The van der Waals surface area contributed by atoms with Crippen molar-refractivity contribution in [1.29, 1.82) is 0 Å². The monoisotopic (exact) mass is 272 g/mol. The van der Waals surface area contributed by atoms with Crippen LogP contribution in [0.25, 0.3) is 0 Å². The van der Waals surface area contributed by atoms with Crippen molar-refractivity contribution in [2.75, 3.05) is 23.7 Å². The first-order chi connectivity index (χ1) is 7.18. The molecule has 1 aliphatic rings. The van der Waals surface area contributed by atoms with Gasteiger partial charge in [0.25, 0.3) is 0 Å². The molecule has 0 aliphatic carbocycles. The standard InChI is InChI=1S/C11H14BrFN2/c12-8-6-11(10(14)7-9(8)13)15-4-2-1-3-5-15/h6-7H,1-5,14H2. The summed E-state index contributed by atoms with van der Waals surface area (Å²) in [6.45, 7) is 2.03. The van der Waals surface area contributed by atoms with Crippen molar-refractivity contribution in [1.82, 2.24) is 0 Å². The second kappa shape index (κ2) is 4.39. The summed E-state index contributed by atoms with van der Waals surface area (Å²) in [6, 6.07) is 3.16. The van der Waals surface area contributed by atoms with E-state index in [0.29, 0.717) is 10.2 Å². The highest BCUT2D eigenvalue weighted by Crippen LogP contribution is 2.31. The number of anilines is 2. The van der Waals surface area contributed by atoms with Gasteiger partial charge in [0, 0.05) is 19.2 Å². The number of nitrogens with zero attached hydrogens (tertiary/aromatic N) is 1. The van der Waals surface area contributed by atoms with Crippen molar-refractivity contribution in [2.24, 2.45) is 0 Å². The molecular weight excluding hydrogens is 259 g/mol. The first kappa shape index (κ1) is 10.7. The molecule has 2 N–H and O–H groups in total. The maximum atomic E-state index is 13.2. The van der Waals surface area contributed by atoms with E-state index in [9.17, 15) is 4.39 Å². The van der Waals surface area contributed by atoms with Gasteiger partial charge in [-0.05, 0) is 41.3 Å². The minimum atomic E-state index is -0.298. The second-order valence-electron chi connectivity index (χ2n) is 3.87. The number of piperidine rings is 1. The molecule has 1 aromatic rings. The van der Waals surface area contributed by atoms with Gasteiger partial charge in [-0.1, -0.05) is 0 Å². The van der Waals surface area contributed by atoms with Crippen LogP contribution in [0.4, 0.5) is 15.8 Å². The predicted molar refractivity (Wildman–Crippen MR) is 64.6 cm³/mol. The van der Waals surface area contributed by atoms with Crippen LogP contribution in [0.5, 0.6) is 0 Å². The third-order valence-electron chi connectivity index (χ3n) is 2.77. The smallest absolute Gasteiger partial charge is 0.139 e. The molecule has 0 amide bonds. The Bertz CT molecular complexity index is 362. The molecule has 1 saturated heterocycles. The molecule has 2 rings (SSSR count). The third-order valence-corrected chi connectivity index (χ3v) is 3.37. The Morgan fingerprint density at radius 2 is 1.87 bits per heavy atom. The van der Waals surface area contributed by atoms with E-state index in [4.69, 9.17) is 5.73 Å². The summed E-state index contributed by atoms with van der Waals surface area (Å²) in [4.78, 5) is 2.23. The van der Waals surface area contributed by atoms with Gasteiger partial charge in [-0.25, -0.2) is 4.39 Å². The zero-order valence-electron chi connectivity index (χ0n) is 8.47. The molecule has 0 bridgehead atoms. The molecule has 4 heteroatoms. The van der Waals surface area contributed by atoms with Crippen LogP contribution in [-0.2, 0) is 0 Å². The first-order valence-electron chi connectivity index (χ1n) is 5.18. The van der Waals surface area contributed by atoms with E-state index >= 15 is 0 Å². The van der Waals surface area contributed by atoms with Gasteiger partial charge in [0.2, 0.25) is 0 Å². The van der Waals surface area contributed by atoms with Gasteiger partial charge in [-0.2, -0.15) is 0 Å². The Kier molecular flexibility index (Phi) is 3.14. The molecule has 0 radical (unpaired) electrons. The highest BCUT2D eigenvalue weighted by Gasteiger charge is 2.15. The zero-order chi connectivity index (χ0) is 10.8. The third kappa shape index (κ3) is 2.25. The molecule has 1 fully saturated rings. The average Bonchev–Trinajstić information content (AvgIpc) is 2.25. The predicted octanol–water partition coefficient (Wildman–Crippen LogP) is 3.16. The fourth-order valence-corrected chi connectivity index (χ4v) is 2.29. The maximum absolute atomic E-state index is 13.2. The summed E-state index contributed by atoms with van der Waals surface area (Å²) in [5.74, 6) is -0.298. The highest BCUT2D eigenvalue weighted by atomic mass is 79.9. The van der Waals surface area contributed by atoms with Crippen molar-refractivity contribution in [2.45, 2.75) is 19.3 Å². The molecule has 1 heterocycles. The Morgan fingerprint density at radius 3 is 2.53 bits per heavy atom. The van der Waals surface area contributed by atoms with E-state index < -0.39 is 0 Å². The lowest BCUT2D eigenvalue weighted by Crippen LogP contribution is -2.30. The summed E-state index contributed by atoms with van der Waals surface area (Å²) in [6.07, 6.45) is 3.65. The molecular formula is C11H14BrFN2. The minimum Gasteiger partial charge on any atom is -0.397 e. The average molecular weight is 273 g/mol. The molecule has 0 spiro atoms. The van der Waals surface area contributed by atoms with Crippen LogP contribution in [0.3, 0.4) is 0 Å². The van der Waals surface area contributed by atoms with Crippen LogP contribution in [0.15, 0.2) is 16.6 Å². The zero-order valence-corrected chi connectivity index (χ0v) is 10.1. The lowest BCUT2D eigenvalue weighted by Gasteiger charge is -2.30. The van der Waals surface area contributed by atoms with E-state index in [1.807, 2.05) is 0 Å². The number of rotatable bonds is 1. The lowest BCUT2D eigenvalue weighted by atomic mass is 10.1. The van der Waals surface area contributed by atoms with Crippen molar-refractivity contribution in [3.63, 3.8) is 0 Å². The molecule has 1 aromatic carbocycles. The van der Waals surface area contributed by atoms with Crippen molar-refractivity contribution < 1.29 is 4.39 Å². The van der Waals surface area contributed by atoms with Gasteiger partial charge in [-0.15, -0.1) is 0 Å². The molecule has 0 atom stereocenters. The van der Waals surface area contributed by atoms with Crippen LogP contribution >= 0.6 is 15.9 Å². The van der Waals surface area contributed by atoms with Crippen molar-refractivity contribution >= 4 is 27.3 Å². The van der Waals surface area contributed by atoms with Gasteiger partial charge >= 0.3 is 0 Å². The summed E-state index contributed by atoms with van der Waals surface area (Å²) in [5.41, 5.74) is 7.29. The topological polar surface area (TPSA) is 29.3 Å². The number of benzene rings is 1. The quantitative estimate of drug-likeness (QED) is 0.796. The first-order valence-corrected chi connectivity index (χ1v) is 5.97. The molecule has 15 heavy (non-hydrogen) atoms. The SMILES string of the molecule is Nc1cc(F)c(Br)cc1N1CCCCC1. The Labute approximate surface area is 97.4 Å². The fourth-order valence-electron chi connectivity index (χ4n) is 1.96. The van der Waals surface area contributed by atoms with Gasteiger partial charge < -0.3 is 10.6 Å². The number of halogens is 2. The van der Waals surface area contributed by atoms with Crippen LogP contribution in [-0.4, -0.2) is 13.1 Å². The van der Waals surface area contributed by atoms with Crippen molar-refractivity contribution in [3.05, 3.63) is 22.4 Å². The van der Waals surface area contributed by atoms with Crippen molar-refractivity contribution in [3.8, 4) is 0 Å². The van der Waals surface area contributed by atoms with Gasteiger partial charge in [0.15, 0.2) is 0 Å². The molecule has 0 unspecified atom stereocenters. The Balaban J connectivity index is 2.30. The summed E-state index contributed by atoms with van der Waals surface area (Å²) in [5, 5.41) is 0. The fraction of sp³-hybridized carbons (Fsp3) is 0.455. The van der Waals surface area contributed by atoms with E-state index in [1.165, 1.54) is 25.3 Å². The van der Waals surface area contributed by atoms with Gasteiger partial charge in [0.05, 0.1) is 15.8 Å². The molecule has 0 saturated carbocycles. The van der Waals surface area contributed by atoms with Crippen LogP contribution in [0, 0.1) is 5.82 Å². The highest BCUT2D eigenvalue weighted by molar-refractivity contribution is 9.10. The van der Waals surface area contributed by atoms with E-state index in [1.54, 1.807) is 6.07 Å². The maximum Gasteiger partial charge on any atom is 0.139 e. The molecule has 82 valence electrons. The molecule has 0 aromatic heterocycles. The molecule has 2 nitrogen and oxygen atoms in total. The van der Waals surface area contributed by atoms with E-state index in [0.717, 1.165) is 18.8 Å². The molecule has 1 aliphatic heterocycles. The van der Waals surface area contributed by atoms with Crippen LogP contribution in [0.1, 0.15) is 19.3 Å². The normalized spacial score (nSPS) is 16.8. The summed E-state index contributed by atoms with van der Waals surface area (Å²) < 4.78 is 13.7. The number of hydrogen-bond acceptors (Lipinski definition) is 2. The second-order valence-corrected chi connectivity index (χ2v) is 4.73. The number of nitrogens with two attached hydrogens (primary N) is 1. The largest absolute Gasteiger partial charge is 0.397 e. The van der Waals surface area contributed by atoms with Crippen LogP contribution in [0.2, 0.25) is 0 Å². The Hall–Kier alpha value is -0.770. The number of hydrogen-bond donors (Lipinski definition) is 1. The Morgan fingerprint density at radius 1 is 1.20 bits per heavy atom. The van der Waals surface area contributed by atoms with E-state index in [-0.39, 0.29) is 5.82 Å². The van der Waals surface area contributed by atoms with Gasteiger partial charge in [0.1, 0.15) is 5.82 Å². The summed E-state index contributed by atoms with van der Waals surface area (Å²) in [7, 11) is 0. The minimum absolute atomic E-state index is 0.298. The summed E-state index contributed by atoms with van der Waals surface area (Å²) >= 11 is 3.19. The number of nitrogen functional groups attached to an aromatic ring is 1. The van der Waals surface area contributed by atoms with Crippen LogP contribution < -0.4 is 10.6 Å².